The van der Waals surface area contributed by atoms with Crippen molar-refractivity contribution in [3.05, 3.63) is 85.8 Å². The summed E-state index contributed by atoms with van der Waals surface area (Å²) in [6, 6.07) is 14.1. The first-order valence-electron chi connectivity index (χ1n) is 10.9. The molecule has 0 bridgehead atoms. The van der Waals surface area contributed by atoms with E-state index in [1.54, 1.807) is 50.4 Å². The highest BCUT2D eigenvalue weighted by Gasteiger charge is 2.21. The van der Waals surface area contributed by atoms with Crippen LogP contribution in [0, 0.1) is 6.92 Å². The van der Waals surface area contributed by atoms with Crippen molar-refractivity contribution in [3.8, 4) is 17.2 Å². The molecule has 0 fully saturated rings. The SMILES string of the molecule is CCn1c(=O)c(-c2noc(CCC(=O)N(C)c3cccc(Cl)c3)n2)nn(-c2ccc(C)cc2)c1=O. The zero-order chi connectivity index (χ0) is 25.1. The molecule has 4 aromatic rings. The molecule has 0 aliphatic carbocycles. The fraction of sp³-hybridized carbons (Fsp3) is 0.250. The number of aromatic nitrogens is 5. The Morgan fingerprint density at radius 3 is 2.57 bits per heavy atom. The van der Waals surface area contributed by atoms with Gasteiger partial charge >= 0.3 is 5.69 Å². The number of hydrogen-bond acceptors (Lipinski definition) is 7. The van der Waals surface area contributed by atoms with Crippen LogP contribution in [0.3, 0.4) is 0 Å². The predicted molar refractivity (Wildman–Crippen MR) is 131 cm³/mol. The molecule has 4 rings (SSSR count). The fourth-order valence-electron chi connectivity index (χ4n) is 3.45. The predicted octanol–water partition coefficient (Wildman–Crippen LogP) is 3.02. The van der Waals surface area contributed by atoms with Crippen molar-refractivity contribution in [2.45, 2.75) is 33.2 Å². The third-order valence-corrected chi connectivity index (χ3v) is 5.69. The van der Waals surface area contributed by atoms with Crippen molar-refractivity contribution < 1.29 is 9.32 Å². The molecule has 0 saturated heterocycles. The van der Waals surface area contributed by atoms with Gasteiger partial charge in [0.2, 0.25) is 17.6 Å². The van der Waals surface area contributed by atoms with Crippen LogP contribution in [-0.2, 0) is 17.8 Å². The number of carbonyl (C=O) groups excluding carboxylic acids is 1. The van der Waals surface area contributed by atoms with E-state index in [4.69, 9.17) is 16.1 Å². The molecule has 0 N–H and O–H groups in total. The van der Waals surface area contributed by atoms with Crippen LogP contribution in [0.5, 0.6) is 0 Å². The Kier molecular flexibility index (Phi) is 6.92. The van der Waals surface area contributed by atoms with Crippen molar-refractivity contribution in [2.24, 2.45) is 0 Å². The van der Waals surface area contributed by atoms with E-state index in [1.165, 1.54) is 4.90 Å². The minimum Gasteiger partial charge on any atom is -0.339 e. The summed E-state index contributed by atoms with van der Waals surface area (Å²) in [6.07, 6.45) is 0.260. The second-order valence-electron chi connectivity index (χ2n) is 7.87. The summed E-state index contributed by atoms with van der Waals surface area (Å²) in [5.74, 6) is -0.0553. The van der Waals surface area contributed by atoms with Gasteiger partial charge in [0.05, 0.1) is 5.69 Å². The van der Waals surface area contributed by atoms with Crippen LogP contribution in [0.15, 0.2) is 62.6 Å². The Bertz CT molecular complexity index is 1490. The van der Waals surface area contributed by atoms with Crippen LogP contribution < -0.4 is 16.1 Å². The summed E-state index contributed by atoms with van der Waals surface area (Å²) in [5.41, 5.74) is 0.876. The Morgan fingerprint density at radius 2 is 1.89 bits per heavy atom. The Morgan fingerprint density at radius 1 is 1.14 bits per heavy atom. The van der Waals surface area contributed by atoms with Crippen LogP contribution in [0.1, 0.15) is 24.8 Å². The largest absolute Gasteiger partial charge is 0.352 e. The third-order valence-electron chi connectivity index (χ3n) is 5.46. The Balaban J connectivity index is 1.58. The number of amides is 1. The van der Waals surface area contributed by atoms with Gasteiger partial charge in [-0.15, -0.1) is 0 Å². The first-order valence-corrected chi connectivity index (χ1v) is 11.3. The number of rotatable bonds is 7. The molecule has 0 unspecified atom stereocenters. The normalized spacial score (nSPS) is 11.0. The lowest BCUT2D eigenvalue weighted by Gasteiger charge is -2.17. The number of hydrogen-bond donors (Lipinski definition) is 0. The first kappa shape index (κ1) is 24.1. The van der Waals surface area contributed by atoms with Crippen LogP contribution in [-0.4, -0.2) is 37.4 Å². The molecule has 0 saturated carbocycles. The number of aryl methyl sites for hydroxylation is 2. The maximum absolute atomic E-state index is 12.9. The van der Waals surface area contributed by atoms with Gasteiger partial charge in [-0.25, -0.2) is 4.79 Å². The lowest BCUT2D eigenvalue weighted by atomic mass is 10.2. The van der Waals surface area contributed by atoms with Crippen LogP contribution in [0.2, 0.25) is 5.02 Å². The van der Waals surface area contributed by atoms with E-state index >= 15 is 0 Å². The van der Waals surface area contributed by atoms with Crippen molar-refractivity contribution in [3.63, 3.8) is 0 Å². The molecule has 0 aliphatic rings. The molecule has 35 heavy (non-hydrogen) atoms. The standard InChI is InChI=1S/C24H23ClN6O4/c1-4-30-23(33)21(27-31(24(30)34)17-10-8-15(2)9-11-17)22-26-19(35-28-22)12-13-20(32)29(3)18-7-5-6-16(25)14-18/h5-11,14H,4,12-13H2,1-3H3. The number of carbonyl (C=O) groups is 1. The van der Waals surface area contributed by atoms with Crippen LogP contribution in [0.25, 0.3) is 17.2 Å². The van der Waals surface area contributed by atoms with Gasteiger partial charge in [-0.05, 0) is 44.2 Å². The summed E-state index contributed by atoms with van der Waals surface area (Å²) in [7, 11) is 1.65. The quantitative estimate of drug-likeness (QED) is 0.387. The van der Waals surface area contributed by atoms with E-state index in [0.29, 0.717) is 16.4 Å². The molecular formula is C24H23ClN6O4. The minimum absolute atomic E-state index is 0.0521. The van der Waals surface area contributed by atoms with Gasteiger partial charge in [-0.2, -0.15) is 14.8 Å². The molecule has 0 spiro atoms. The number of anilines is 1. The summed E-state index contributed by atoms with van der Waals surface area (Å²) >= 11 is 6.00. The van der Waals surface area contributed by atoms with E-state index in [9.17, 15) is 14.4 Å². The highest BCUT2D eigenvalue weighted by Crippen LogP contribution is 2.19. The molecule has 1 amide bonds. The van der Waals surface area contributed by atoms with Gasteiger partial charge in [0.25, 0.3) is 5.56 Å². The highest BCUT2D eigenvalue weighted by molar-refractivity contribution is 6.30. The van der Waals surface area contributed by atoms with Gasteiger partial charge in [-0.3, -0.25) is 14.2 Å². The van der Waals surface area contributed by atoms with E-state index in [0.717, 1.165) is 14.8 Å². The van der Waals surface area contributed by atoms with Gasteiger partial charge in [0, 0.05) is 37.1 Å². The molecule has 2 aromatic carbocycles. The average molecular weight is 495 g/mol. The second kappa shape index (κ2) is 10.1. The number of benzene rings is 2. The zero-order valence-electron chi connectivity index (χ0n) is 19.4. The monoisotopic (exact) mass is 494 g/mol. The summed E-state index contributed by atoms with van der Waals surface area (Å²) < 4.78 is 7.46. The fourth-order valence-corrected chi connectivity index (χ4v) is 3.64. The lowest BCUT2D eigenvalue weighted by molar-refractivity contribution is -0.118. The van der Waals surface area contributed by atoms with Gasteiger partial charge in [0.15, 0.2) is 5.69 Å². The Hall–Kier alpha value is -4.05. The average Bonchev–Trinajstić information content (AvgIpc) is 3.32. The first-order chi connectivity index (χ1) is 16.8. The van der Waals surface area contributed by atoms with E-state index in [-0.39, 0.29) is 42.7 Å². The second-order valence-corrected chi connectivity index (χ2v) is 8.31. The van der Waals surface area contributed by atoms with Crippen molar-refractivity contribution >= 4 is 23.2 Å². The van der Waals surface area contributed by atoms with E-state index in [1.807, 2.05) is 19.1 Å². The highest BCUT2D eigenvalue weighted by atomic mass is 35.5. The molecule has 0 atom stereocenters. The van der Waals surface area contributed by atoms with Gasteiger partial charge in [-0.1, -0.05) is 40.5 Å². The smallest absolute Gasteiger partial charge is 0.339 e. The molecule has 0 aliphatic heterocycles. The van der Waals surface area contributed by atoms with E-state index < -0.39 is 11.2 Å². The van der Waals surface area contributed by atoms with Gasteiger partial charge < -0.3 is 9.42 Å². The number of nitrogens with zero attached hydrogens (tertiary/aromatic N) is 6. The third kappa shape index (κ3) is 5.07. The molecule has 180 valence electrons. The maximum atomic E-state index is 12.9. The Labute approximate surface area is 205 Å². The molecule has 11 heteroatoms. The lowest BCUT2D eigenvalue weighted by Crippen LogP contribution is -2.41. The summed E-state index contributed by atoms with van der Waals surface area (Å²) in [6.45, 7) is 3.76. The van der Waals surface area contributed by atoms with E-state index in [2.05, 4.69) is 15.2 Å². The topological polar surface area (TPSA) is 116 Å². The van der Waals surface area contributed by atoms with Crippen molar-refractivity contribution in [2.75, 3.05) is 11.9 Å². The minimum atomic E-state index is -0.620. The van der Waals surface area contributed by atoms with Crippen LogP contribution >= 0.6 is 11.6 Å². The molecule has 0 radical (unpaired) electrons. The van der Waals surface area contributed by atoms with Crippen molar-refractivity contribution in [1.29, 1.82) is 0 Å². The molecule has 2 aromatic heterocycles. The summed E-state index contributed by atoms with van der Waals surface area (Å²) in [5, 5.41) is 8.64. The maximum Gasteiger partial charge on any atom is 0.352 e. The van der Waals surface area contributed by atoms with Crippen molar-refractivity contribution in [1.82, 2.24) is 24.5 Å². The van der Waals surface area contributed by atoms with Gasteiger partial charge in [0.1, 0.15) is 0 Å². The molecule has 2 heterocycles. The zero-order valence-corrected chi connectivity index (χ0v) is 20.2. The number of halogens is 1. The molecule has 10 nitrogen and oxygen atoms in total. The summed E-state index contributed by atoms with van der Waals surface area (Å²) in [4.78, 5) is 44.1. The van der Waals surface area contributed by atoms with Crippen LogP contribution in [0.4, 0.5) is 5.69 Å². The molecular weight excluding hydrogens is 472 g/mol.